The molecule has 1 aromatic heterocycles. The van der Waals surface area contributed by atoms with Gasteiger partial charge in [-0.1, -0.05) is 42.5 Å². The zero-order valence-electron chi connectivity index (χ0n) is 15.1. The van der Waals surface area contributed by atoms with Crippen LogP contribution >= 0.6 is 0 Å². The van der Waals surface area contributed by atoms with Crippen LogP contribution in [-0.2, 0) is 18.0 Å². The molecular weight excluding hydrogens is 326 g/mol. The average molecular weight is 351 g/mol. The van der Waals surface area contributed by atoms with Gasteiger partial charge in [0, 0.05) is 24.2 Å². The van der Waals surface area contributed by atoms with Crippen molar-refractivity contribution in [3.8, 4) is 5.75 Å². The van der Waals surface area contributed by atoms with Crippen LogP contribution in [0.4, 0.5) is 0 Å². The number of hydrogen-bond donors (Lipinski definition) is 1. The van der Waals surface area contributed by atoms with Crippen LogP contribution in [0.5, 0.6) is 5.75 Å². The number of benzene rings is 2. The topological polar surface area (TPSA) is 51.6 Å². The first-order chi connectivity index (χ1) is 12.8. The van der Waals surface area contributed by atoms with E-state index in [1.54, 1.807) is 0 Å². The summed E-state index contributed by atoms with van der Waals surface area (Å²) in [6, 6.07) is 18.2. The molecule has 2 aromatic carbocycles. The van der Waals surface area contributed by atoms with Crippen molar-refractivity contribution in [1.82, 2.24) is 4.98 Å². The number of aliphatic hydroxyl groups is 1. The van der Waals surface area contributed by atoms with Crippen LogP contribution in [0.1, 0.15) is 29.7 Å². The fourth-order valence-corrected chi connectivity index (χ4v) is 2.87. The summed E-state index contributed by atoms with van der Waals surface area (Å²) < 4.78 is 11.9. The molecule has 0 fully saturated rings. The molecule has 0 radical (unpaired) electrons. The van der Waals surface area contributed by atoms with Gasteiger partial charge in [-0.15, -0.1) is 0 Å². The van der Waals surface area contributed by atoms with Crippen molar-refractivity contribution in [3.63, 3.8) is 0 Å². The van der Waals surface area contributed by atoms with Crippen LogP contribution in [0.25, 0.3) is 10.9 Å². The monoisotopic (exact) mass is 351 g/mol. The molecule has 0 aliphatic heterocycles. The third-order valence-corrected chi connectivity index (χ3v) is 4.34. The normalized spacial score (nSPS) is 11.0. The molecule has 1 heterocycles. The third-order valence-electron chi connectivity index (χ3n) is 4.34. The van der Waals surface area contributed by atoms with Gasteiger partial charge in [-0.2, -0.15) is 0 Å². The van der Waals surface area contributed by atoms with Gasteiger partial charge in [-0.3, -0.25) is 0 Å². The highest BCUT2D eigenvalue weighted by atomic mass is 16.5. The second-order valence-electron chi connectivity index (χ2n) is 6.29. The Labute approximate surface area is 154 Å². The minimum Gasteiger partial charge on any atom is -0.488 e. The summed E-state index contributed by atoms with van der Waals surface area (Å²) >= 11 is 0. The first-order valence-electron chi connectivity index (χ1n) is 9.03. The van der Waals surface area contributed by atoms with Gasteiger partial charge in [-0.25, -0.2) is 4.98 Å². The standard InChI is InChI=1S/C22H25NO3/c1-17-21(16-25-14-8-7-13-24)23-20-12-6-5-11-19(20)22(17)26-15-18-9-3-2-4-10-18/h2-6,9-12,24H,7-8,13-16H2,1H3. The average Bonchev–Trinajstić information content (AvgIpc) is 2.68. The van der Waals surface area contributed by atoms with Gasteiger partial charge in [0.25, 0.3) is 0 Å². The van der Waals surface area contributed by atoms with Gasteiger partial charge in [0.2, 0.25) is 0 Å². The zero-order chi connectivity index (χ0) is 18.2. The first-order valence-corrected chi connectivity index (χ1v) is 9.03. The lowest BCUT2D eigenvalue weighted by atomic mass is 10.1. The van der Waals surface area contributed by atoms with Crippen LogP contribution in [0.2, 0.25) is 0 Å². The van der Waals surface area contributed by atoms with Crippen molar-refractivity contribution in [2.75, 3.05) is 13.2 Å². The fourth-order valence-electron chi connectivity index (χ4n) is 2.87. The highest BCUT2D eigenvalue weighted by Crippen LogP contribution is 2.31. The molecule has 0 saturated carbocycles. The van der Waals surface area contributed by atoms with Gasteiger partial charge in [0.1, 0.15) is 12.4 Å². The maximum Gasteiger partial charge on any atom is 0.134 e. The summed E-state index contributed by atoms with van der Waals surface area (Å²) in [5.41, 5.74) is 3.96. The highest BCUT2D eigenvalue weighted by molar-refractivity contribution is 5.86. The number of aromatic nitrogens is 1. The van der Waals surface area contributed by atoms with E-state index < -0.39 is 0 Å². The first kappa shape index (κ1) is 18.4. The molecule has 136 valence electrons. The highest BCUT2D eigenvalue weighted by Gasteiger charge is 2.13. The van der Waals surface area contributed by atoms with Crippen molar-refractivity contribution in [2.45, 2.75) is 33.0 Å². The van der Waals surface area contributed by atoms with Crippen molar-refractivity contribution in [3.05, 3.63) is 71.4 Å². The minimum atomic E-state index is 0.202. The number of nitrogens with zero attached hydrogens (tertiary/aromatic N) is 1. The number of ether oxygens (including phenoxy) is 2. The number of para-hydroxylation sites is 1. The molecule has 3 rings (SSSR count). The van der Waals surface area contributed by atoms with E-state index >= 15 is 0 Å². The van der Waals surface area contributed by atoms with Gasteiger partial charge >= 0.3 is 0 Å². The number of hydrogen-bond acceptors (Lipinski definition) is 4. The fraction of sp³-hybridized carbons (Fsp3) is 0.318. The molecule has 0 atom stereocenters. The third kappa shape index (κ3) is 4.59. The molecular formula is C22H25NO3. The van der Waals surface area contributed by atoms with Crippen LogP contribution in [0.15, 0.2) is 54.6 Å². The summed E-state index contributed by atoms with van der Waals surface area (Å²) in [6.07, 6.45) is 1.61. The molecule has 1 N–H and O–H groups in total. The number of pyridine rings is 1. The van der Waals surface area contributed by atoms with Gasteiger partial charge in [-0.05, 0) is 37.5 Å². The number of rotatable bonds is 9. The van der Waals surface area contributed by atoms with E-state index in [0.717, 1.165) is 46.3 Å². The Morgan fingerprint density at radius 2 is 1.69 bits per heavy atom. The quantitative estimate of drug-likeness (QED) is 0.580. The Hall–Kier alpha value is -2.43. The van der Waals surface area contributed by atoms with Crippen LogP contribution in [0.3, 0.4) is 0 Å². The van der Waals surface area contributed by atoms with Crippen molar-refractivity contribution < 1.29 is 14.6 Å². The molecule has 0 aliphatic carbocycles. The van der Waals surface area contributed by atoms with Crippen LogP contribution < -0.4 is 4.74 Å². The summed E-state index contributed by atoms with van der Waals surface area (Å²) in [7, 11) is 0. The second kappa shape index (κ2) is 9.32. The molecule has 0 saturated heterocycles. The Balaban J connectivity index is 1.81. The Morgan fingerprint density at radius 1 is 0.923 bits per heavy atom. The molecule has 0 aliphatic rings. The van der Waals surface area contributed by atoms with E-state index in [-0.39, 0.29) is 6.61 Å². The van der Waals surface area contributed by atoms with Crippen molar-refractivity contribution in [1.29, 1.82) is 0 Å². The maximum absolute atomic E-state index is 8.85. The van der Waals surface area contributed by atoms with Crippen molar-refractivity contribution >= 4 is 10.9 Å². The Morgan fingerprint density at radius 3 is 2.50 bits per heavy atom. The van der Waals surface area contributed by atoms with E-state index in [4.69, 9.17) is 19.6 Å². The lowest BCUT2D eigenvalue weighted by Gasteiger charge is -2.16. The molecule has 3 aromatic rings. The maximum atomic E-state index is 8.85. The van der Waals surface area contributed by atoms with E-state index in [9.17, 15) is 0 Å². The number of fused-ring (bicyclic) bond motifs is 1. The molecule has 0 bridgehead atoms. The number of aliphatic hydroxyl groups excluding tert-OH is 1. The van der Waals surface area contributed by atoms with Gasteiger partial charge in [0.05, 0.1) is 17.8 Å². The molecule has 4 heteroatoms. The molecule has 0 spiro atoms. The SMILES string of the molecule is Cc1c(COCCCCO)nc2ccccc2c1OCc1ccccc1. The smallest absolute Gasteiger partial charge is 0.134 e. The van der Waals surface area contributed by atoms with Crippen LogP contribution in [-0.4, -0.2) is 23.3 Å². The zero-order valence-corrected chi connectivity index (χ0v) is 15.1. The van der Waals surface area contributed by atoms with Gasteiger partial charge < -0.3 is 14.6 Å². The Bertz CT molecular complexity index is 833. The summed E-state index contributed by atoms with van der Waals surface area (Å²) in [6.45, 7) is 3.82. The second-order valence-corrected chi connectivity index (χ2v) is 6.29. The molecule has 4 nitrogen and oxygen atoms in total. The predicted molar refractivity (Wildman–Crippen MR) is 103 cm³/mol. The largest absolute Gasteiger partial charge is 0.488 e. The van der Waals surface area contributed by atoms with Crippen molar-refractivity contribution in [2.24, 2.45) is 0 Å². The lowest BCUT2D eigenvalue weighted by molar-refractivity contribution is 0.110. The summed E-state index contributed by atoms with van der Waals surface area (Å²) in [5, 5.41) is 9.87. The van der Waals surface area contributed by atoms with E-state index in [0.29, 0.717) is 19.8 Å². The molecule has 0 amide bonds. The minimum absolute atomic E-state index is 0.202. The van der Waals surface area contributed by atoms with E-state index in [1.165, 1.54) is 0 Å². The number of unbranched alkanes of at least 4 members (excludes halogenated alkanes) is 1. The molecule has 26 heavy (non-hydrogen) atoms. The van der Waals surface area contributed by atoms with Gasteiger partial charge in [0.15, 0.2) is 0 Å². The van der Waals surface area contributed by atoms with E-state index in [1.807, 2.05) is 49.4 Å². The van der Waals surface area contributed by atoms with Crippen LogP contribution in [0, 0.1) is 6.92 Å². The molecule has 0 unspecified atom stereocenters. The summed E-state index contributed by atoms with van der Waals surface area (Å²) in [4.78, 5) is 4.75. The lowest BCUT2D eigenvalue weighted by Crippen LogP contribution is -2.05. The summed E-state index contributed by atoms with van der Waals surface area (Å²) in [5.74, 6) is 0.869. The Kier molecular flexibility index (Phi) is 6.58. The predicted octanol–water partition coefficient (Wildman–Crippen LogP) is 4.41. The van der Waals surface area contributed by atoms with E-state index in [2.05, 4.69) is 12.1 Å².